The molecule has 5 rings (SSSR count). The van der Waals surface area contributed by atoms with Gasteiger partial charge in [-0.3, -0.25) is 0 Å². The zero-order valence-corrected chi connectivity index (χ0v) is 18.3. The largest absolute Gasteiger partial charge is 0.488 e. The Kier molecular flexibility index (Phi) is 5.16. The van der Waals surface area contributed by atoms with Gasteiger partial charge in [-0.25, -0.2) is 19.6 Å². The Bertz CT molecular complexity index is 1390. The lowest BCUT2D eigenvalue weighted by Gasteiger charge is -2.09. The Morgan fingerprint density at radius 2 is 1.81 bits per heavy atom. The number of hydrogen-bond acceptors (Lipinski definition) is 8. The molecule has 0 unspecified atom stereocenters. The van der Waals surface area contributed by atoms with Gasteiger partial charge in [0.2, 0.25) is 0 Å². The van der Waals surface area contributed by atoms with Crippen LogP contribution in [0, 0.1) is 6.92 Å². The molecule has 0 aliphatic rings. The minimum atomic E-state index is 0.406. The molecule has 0 spiro atoms. The van der Waals surface area contributed by atoms with Gasteiger partial charge in [-0.15, -0.1) is 11.3 Å². The molecule has 9 heteroatoms. The van der Waals surface area contributed by atoms with E-state index in [4.69, 9.17) is 15.2 Å². The van der Waals surface area contributed by atoms with Crippen LogP contribution in [0.5, 0.6) is 17.2 Å². The number of hydrogen-bond donors (Lipinski definition) is 1. The van der Waals surface area contributed by atoms with Gasteiger partial charge in [0.05, 0.1) is 15.3 Å². The maximum atomic E-state index is 6.07. The number of benzene rings is 2. The van der Waals surface area contributed by atoms with Gasteiger partial charge < -0.3 is 15.2 Å². The van der Waals surface area contributed by atoms with E-state index in [9.17, 15) is 0 Å². The SMILES string of the molecule is Cc1ncc(COc2cccc(Oc3ccc(-c4nn(C)c5ncnc(N)c45)cc3)c2)s1. The summed E-state index contributed by atoms with van der Waals surface area (Å²) in [5.74, 6) is 2.54. The van der Waals surface area contributed by atoms with E-state index in [0.717, 1.165) is 32.3 Å². The molecule has 0 aliphatic carbocycles. The molecule has 0 radical (unpaired) electrons. The summed E-state index contributed by atoms with van der Waals surface area (Å²) < 4.78 is 13.6. The minimum absolute atomic E-state index is 0.406. The molecule has 160 valence electrons. The van der Waals surface area contributed by atoms with Crippen LogP contribution in [0.4, 0.5) is 5.82 Å². The van der Waals surface area contributed by atoms with Crippen molar-refractivity contribution in [3.63, 3.8) is 0 Å². The van der Waals surface area contributed by atoms with Gasteiger partial charge in [-0.1, -0.05) is 6.07 Å². The Labute approximate surface area is 188 Å². The van der Waals surface area contributed by atoms with Crippen molar-refractivity contribution in [2.75, 3.05) is 5.73 Å². The Morgan fingerprint density at radius 1 is 1.00 bits per heavy atom. The van der Waals surface area contributed by atoms with Crippen molar-refractivity contribution in [3.05, 3.63) is 70.9 Å². The quantitative estimate of drug-likeness (QED) is 0.403. The Balaban J connectivity index is 1.32. The summed E-state index contributed by atoms with van der Waals surface area (Å²) in [5.41, 5.74) is 8.41. The van der Waals surface area contributed by atoms with Crippen LogP contribution in [-0.2, 0) is 13.7 Å². The normalized spacial score (nSPS) is 11.1. The van der Waals surface area contributed by atoms with Gasteiger partial charge >= 0.3 is 0 Å². The average molecular weight is 445 g/mol. The van der Waals surface area contributed by atoms with E-state index in [1.165, 1.54) is 6.33 Å². The number of rotatable bonds is 6. The number of aryl methyl sites for hydroxylation is 2. The highest BCUT2D eigenvalue weighted by Crippen LogP contribution is 2.32. The molecule has 3 heterocycles. The van der Waals surface area contributed by atoms with Crippen molar-refractivity contribution < 1.29 is 9.47 Å². The zero-order valence-electron chi connectivity index (χ0n) is 17.5. The number of anilines is 1. The molecular formula is C23H20N6O2S. The fourth-order valence-corrected chi connectivity index (χ4v) is 4.09. The molecule has 3 aromatic heterocycles. The number of ether oxygens (including phenoxy) is 2. The Hall–Kier alpha value is -3.98. The van der Waals surface area contributed by atoms with Crippen LogP contribution >= 0.6 is 11.3 Å². The lowest BCUT2D eigenvalue weighted by atomic mass is 10.1. The molecule has 2 aromatic carbocycles. The van der Waals surface area contributed by atoms with Crippen molar-refractivity contribution >= 4 is 28.2 Å². The lowest BCUT2D eigenvalue weighted by Crippen LogP contribution is -1.95. The third kappa shape index (κ3) is 3.97. The highest BCUT2D eigenvalue weighted by atomic mass is 32.1. The van der Waals surface area contributed by atoms with E-state index >= 15 is 0 Å². The van der Waals surface area contributed by atoms with E-state index in [1.807, 2.05) is 68.7 Å². The van der Waals surface area contributed by atoms with E-state index in [1.54, 1.807) is 16.0 Å². The highest BCUT2D eigenvalue weighted by Gasteiger charge is 2.15. The predicted octanol–water partition coefficient (Wildman–Crippen LogP) is 4.75. The van der Waals surface area contributed by atoms with Crippen molar-refractivity contribution in [1.29, 1.82) is 0 Å². The fourth-order valence-electron chi connectivity index (χ4n) is 3.38. The summed E-state index contributed by atoms with van der Waals surface area (Å²) in [4.78, 5) is 13.7. The summed E-state index contributed by atoms with van der Waals surface area (Å²) in [6, 6.07) is 15.2. The first-order valence-corrected chi connectivity index (χ1v) is 10.7. The zero-order chi connectivity index (χ0) is 22.1. The van der Waals surface area contributed by atoms with Gasteiger partial charge in [0.1, 0.15) is 41.7 Å². The van der Waals surface area contributed by atoms with Crippen molar-refractivity contribution in [3.8, 4) is 28.5 Å². The molecule has 0 saturated carbocycles. The number of aromatic nitrogens is 5. The summed E-state index contributed by atoms with van der Waals surface area (Å²) in [6.45, 7) is 2.46. The predicted molar refractivity (Wildman–Crippen MR) is 124 cm³/mol. The molecule has 0 aliphatic heterocycles. The number of nitrogen functional groups attached to an aromatic ring is 1. The first-order valence-electron chi connectivity index (χ1n) is 9.92. The summed E-state index contributed by atoms with van der Waals surface area (Å²) >= 11 is 1.63. The minimum Gasteiger partial charge on any atom is -0.488 e. The molecule has 0 saturated heterocycles. The molecule has 0 atom stereocenters. The highest BCUT2D eigenvalue weighted by molar-refractivity contribution is 7.11. The van der Waals surface area contributed by atoms with Crippen molar-refractivity contribution in [2.45, 2.75) is 13.5 Å². The lowest BCUT2D eigenvalue weighted by molar-refractivity contribution is 0.308. The molecule has 0 bridgehead atoms. The number of fused-ring (bicyclic) bond motifs is 1. The molecule has 0 amide bonds. The first-order chi connectivity index (χ1) is 15.6. The van der Waals surface area contributed by atoms with Crippen LogP contribution in [0.1, 0.15) is 9.88 Å². The molecule has 0 fully saturated rings. The van der Waals surface area contributed by atoms with Crippen LogP contribution < -0.4 is 15.2 Å². The summed E-state index contributed by atoms with van der Waals surface area (Å²) in [5, 5.41) is 6.33. The second-order valence-electron chi connectivity index (χ2n) is 7.17. The molecular weight excluding hydrogens is 424 g/mol. The van der Waals surface area contributed by atoms with E-state index in [2.05, 4.69) is 20.1 Å². The van der Waals surface area contributed by atoms with Crippen LogP contribution in [0.2, 0.25) is 0 Å². The van der Waals surface area contributed by atoms with Crippen LogP contribution in [0.15, 0.2) is 61.1 Å². The number of nitrogens with zero attached hydrogens (tertiary/aromatic N) is 5. The summed E-state index contributed by atoms with van der Waals surface area (Å²) in [6.07, 6.45) is 3.28. The molecule has 32 heavy (non-hydrogen) atoms. The third-order valence-electron chi connectivity index (χ3n) is 4.87. The van der Waals surface area contributed by atoms with Crippen LogP contribution in [-0.4, -0.2) is 24.7 Å². The monoisotopic (exact) mass is 444 g/mol. The van der Waals surface area contributed by atoms with Crippen LogP contribution in [0.3, 0.4) is 0 Å². The van der Waals surface area contributed by atoms with Gasteiger partial charge in [0, 0.05) is 24.9 Å². The standard InChI is InChI=1S/C23H20N6O2S/c1-14-25-11-19(32-14)12-30-17-4-3-5-18(10-17)31-16-8-6-15(7-9-16)21-20-22(24)26-13-27-23(20)29(2)28-21/h3-11,13H,12H2,1-2H3,(H2,24,26,27). The van der Waals surface area contributed by atoms with Gasteiger partial charge in [-0.05, 0) is 43.3 Å². The second kappa shape index (κ2) is 8.27. The fraction of sp³-hybridized carbons (Fsp3) is 0.130. The van der Waals surface area contributed by atoms with Crippen molar-refractivity contribution in [1.82, 2.24) is 24.7 Å². The molecule has 8 nitrogen and oxygen atoms in total. The van der Waals surface area contributed by atoms with Crippen molar-refractivity contribution in [2.24, 2.45) is 7.05 Å². The number of thiazole rings is 1. The molecule has 2 N–H and O–H groups in total. The second-order valence-corrected chi connectivity index (χ2v) is 8.48. The maximum absolute atomic E-state index is 6.07. The Morgan fingerprint density at radius 3 is 2.59 bits per heavy atom. The number of nitrogens with two attached hydrogens (primary N) is 1. The van der Waals surface area contributed by atoms with E-state index in [-0.39, 0.29) is 0 Å². The van der Waals surface area contributed by atoms with E-state index in [0.29, 0.717) is 29.6 Å². The topological polar surface area (TPSA) is 101 Å². The first kappa shape index (κ1) is 20.0. The van der Waals surface area contributed by atoms with Gasteiger partial charge in [-0.2, -0.15) is 5.10 Å². The third-order valence-corrected chi connectivity index (χ3v) is 5.76. The average Bonchev–Trinajstić information content (AvgIpc) is 3.37. The summed E-state index contributed by atoms with van der Waals surface area (Å²) in [7, 11) is 1.83. The maximum Gasteiger partial charge on any atom is 0.163 e. The van der Waals surface area contributed by atoms with Crippen LogP contribution in [0.25, 0.3) is 22.3 Å². The van der Waals surface area contributed by atoms with Gasteiger partial charge in [0.25, 0.3) is 0 Å². The smallest absolute Gasteiger partial charge is 0.163 e. The van der Waals surface area contributed by atoms with E-state index < -0.39 is 0 Å². The molecule has 5 aromatic rings. The van der Waals surface area contributed by atoms with Gasteiger partial charge in [0.15, 0.2) is 5.65 Å².